The fraction of sp³-hybridized carbons (Fsp3) is 0.400. The van der Waals surface area contributed by atoms with Crippen molar-refractivity contribution in [1.29, 1.82) is 5.26 Å². The second-order valence-corrected chi connectivity index (χ2v) is 6.87. The summed E-state index contributed by atoms with van der Waals surface area (Å²) in [7, 11) is 0. The molecule has 9 heteroatoms. The van der Waals surface area contributed by atoms with Crippen LogP contribution in [0.2, 0.25) is 0 Å². The van der Waals surface area contributed by atoms with Crippen LogP contribution in [0.5, 0.6) is 0 Å². The third-order valence-corrected chi connectivity index (χ3v) is 4.80. The minimum atomic E-state index is -4.53. The van der Waals surface area contributed by atoms with Crippen molar-refractivity contribution in [2.24, 2.45) is 5.92 Å². The van der Waals surface area contributed by atoms with E-state index in [0.717, 1.165) is 17.8 Å². The van der Waals surface area contributed by atoms with Crippen LogP contribution in [0.4, 0.5) is 19.1 Å². The van der Waals surface area contributed by atoms with Gasteiger partial charge in [-0.05, 0) is 43.0 Å². The Bertz CT molecular complexity index is 892. The minimum Gasteiger partial charge on any atom is -0.355 e. The van der Waals surface area contributed by atoms with Gasteiger partial charge in [0.2, 0.25) is 11.9 Å². The van der Waals surface area contributed by atoms with Crippen molar-refractivity contribution in [3.8, 4) is 6.07 Å². The third kappa shape index (κ3) is 5.44. The summed E-state index contributed by atoms with van der Waals surface area (Å²) >= 11 is 0. The van der Waals surface area contributed by atoms with Gasteiger partial charge >= 0.3 is 6.18 Å². The van der Waals surface area contributed by atoms with E-state index in [-0.39, 0.29) is 24.3 Å². The molecule has 0 saturated carbocycles. The molecule has 1 aromatic heterocycles. The SMILES string of the molecule is N#Cc1ccc(CCNC(=O)[C@@H]2CCCN(c3nccc(C(F)(F)F)n3)C2)cc1. The second-order valence-electron chi connectivity index (χ2n) is 6.87. The summed E-state index contributed by atoms with van der Waals surface area (Å²) in [5.74, 6) is -0.465. The van der Waals surface area contributed by atoms with Gasteiger partial charge in [-0.2, -0.15) is 18.4 Å². The number of carbonyl (C=O) groups is 1. The highest BCUT2D eigenvalue weighted by atomic mass is 19.4. The number of benzene rings is 1. The summed E-state index contributed by atoms with van der Waals surface area (Å²) in [6.07, 6.45) is -1.47. The molecule has 1 fully saturated rings. The fourth-order valence-electron chi connectivity index (χ4n) is 3.25. The molecular weight excluding hydrogens is 383 g/mol. The highest BCUT2D eigenvalue weighted by molar-refractivity contribution is 5.79. The summed E-state index contributed by atoms with van der Waals surface area (Å²) in [5.41, 5.74) is 0.598. The predicted molar refractivity (Wildman–Crippen MR) is 99.8 cm³/mol. The van der Waals surface area contributed by atoms with Gasteiger partial charge < -0.3 is 10.2 Å². The zero-order chi connectivity index (χ0) is 20.9. The molecule has 1 aliphatic heterocycles. The molecule has 1 N–H and O–H groups in total. The first kappa shape index (κ1) is 20.6. The molecule has 2 aromatic rings. The number of anilines is 1. The molecule has 6 nitrogen and oxygen atoms in total. The predicted octanol–water partition coefficient (Wildman–Crippen LogP) is 2.94. The normalized spacial score (nSPS) is 16.9. The summed E-state index contributed by atoms with van der Waals surface area (Å²) < 4.78 is 38.6. The number of aromatic nitrogens is 2. The maximum atomic E-state index is 12.9. The molecule has 152 valence electrons. The Morgan fingerprint density at radius 3 is 2.72 bits per heavy atom. The number of amides is 1. The molecular formula is C20H20F3N5O. The summed E-state index contributed by atoms with van der Waals surface area (Å²) in [4.78, 5) is 21.7. The smallest absolute Gasteiger partial charge is 0.355 e. The molecule has 3 rings (SSSR count). The van der Waals surface area contributed by atoms with Crippen LogP contribution < -0.4 is 10.2 Å². The van der Waals surface area contributed by atoms with E-state index in [0.29, 0.717) is 37.9 Å². The monoisotopic (exact) mass is 403 g/mol. The molecule has 1 saturated heterocycles. The molecule has 1 aromatic carbocycles. The Kier molecular flexibility index (Phi) is 6.32. The lowest BCUT2D eigenvalue weighted by atomic mass is 9.97. The van der Waals surface area contributed by atoms with Crippen molar-refractivity contribution in [2.75, 3.05) is 24.5 Å². The number of rotatable bonds is 5. The van der Waals surface area contributed by atoms with E-state index in [2.05, 4.69) is 21.4 Å². The zero-order valence-electron chi connectivity index (χ0n) is 15.6. The zero-order valence-corrected chi connectivity index (χ0v) is 15.6. The molecule has 0 spiro atoms. The first-order valence-electron chi connectivity index (χ1n) is 9.29. The molecule has 0 unspecified atom stereocenters. The van der Waals surface area contributed by atoms with Gasteiger partial charge in [-0.15, -0.1) is 0 Å². The molecule has 29 heavy (non-hydrogen) atoms. The summed E-state index contributed by atoms with van der Waals surface area (Å²) in [5, 5.41) is 11.7. The maximum Gasteiger partial charge on any atom is 0.433 e. The number of carbonyl (C=O) groups excluding carboxylic acids is 1. The van der Waals surface area contributed by atoms with E-state index in [9.17, 15) is 18.0 Å². The fourth-order valence-corrected chi connectivity index (χ4v) is 3.25. The van der Waals surface area contributed by atoms with Crippen LogP contribution in [0.25, 0.3) is 0 Å². The Labute approximate surface area is 166 Å². The van der Waals surface area contributed by atoms with E-state index in [1.165, 1.54) is 0 Å². The Hall–Kier alpha value is -3.15. The molecule has 1 amide bonds. The largest absolute Gasteiger partial charge is 0.433 e. The molecule has 0 aliphatic carbocycles. The van der Waals surface area contributed by atoms with Crippen molar-refractivity contribution < 1.29 is 18.0 Å². The lowest BCUT2D eigenvalue weighted by Gasteiger charge is -2.32. The van der Waals surface area contributed by atoms with Crippen LogP contribution >= 0.6 is 0 Å². The molecule has 0 bridgehead atoms. The van der Waals surface area contributed by atoms with Gasteiger partial charge in [0, 0.05) is 25.8 Å². The van der Waals surface area contributed by atoms with E-state index >= 15 is 0 Å². The van der Waals surface area contributed by atoms with Gasteiger partial charge in [0.15, 0.2) is 0 Å². The number of hydrogen-bond donors (Lipinski definition) is 1. The average molecular weight is 403 g/mol. The maximum absolute atomic E-state index is 12.9. The highest BCUT2D eigenvalue weighted by Crippen LogP contribution is 2.29. The van der Waals surface area contributed by atoms with Crippen LogP contribution in [0.1, 0.15) is 29.7 Å². The standard InChI is InChI=1S/C20H20F3N5O/c21-20(22,23)17-8-10-26-19(27-17)28-11-1-2-16(13-28)18(29)25-9-7-14-3-5-15(12-24)6-4-14/h3-6,8,10,16H,1-2,7,9,11,13H2,(H,25,29)/t16-/m1/s1. The first-order chi connectivity index (χ1) is 13.9. The molecule has 1 aliphatic rings. The quantitative estimate of drug-likeness (QED) is 0.830. The average Bonchev–Trinajstić information content (AvgIpc) is 2.74. The number of nitrogens with one attached hydrogen (secondary N) is 1. The van der Waals surface area contributed by atoms with Crippen molar-refractivity contribution >= 4 is 11.9 Å². The second kappa shape index (κ2) is 8.90. The Morgan fingerprint density at radius 1 is 1.28 bits per heavy atom. The molecule has 1 atom stereocenters. The van der Waals surface area contributed by atoms with Crippen molar-refractivity contribution in [1.82, 2.24) is 15.3 Å². The molecule has 2 heterocycles. The van der Waals surface area contributed by atoms with Gasteiger partial charge in [0.05, 0.1) is 17.6 Å². The first-order valence-corrected chi connectivity index (χ1v) is 9.29. The topological polar surface area (TPSA) is 81.9 Å². The third-order valence-electron chi connectivity index (χ3n) is 4.80. The number of hydrogen-bond acceptors (Lipinski definition) is 5. The number of nitriles is 1. The van der Waals surface area contributed by atoms with Gasteiger partial charge in [-0.1, -0.05) is 12.1 Å². The number of piperidine rings is 1. The summed E-state index contributed by atoms with van der Waals surface area (Å²) in [6.45, 7) is 1.24. The van der Waals surface area contributed by atoms with E-state index in [1.54, 1.807) is 17.0 Å². The Morgan fingerprint density at radius 2 is 2.03 bits per heavy atom. The van der Waals surface area contributed by atoms with Gasteiger partial charge in [0.1, 0.15) is 5.69 Å². The van der Waals surface area contributed by atoms with Crippen LogP contribution in [-0.2, 0) is 17.4 Å². The minimum absolute atomic E-state index is 0.00472. The summed E-state index contributed by atoms with van der Waals surface area (Å²) in [6, 6.07) is 10.0. The van der Waals surface area contributed by atoms with Crippen LogP contribution in [0.15, 0.2) is 36.5 Å². The van der Waals surface area contributed by atoms with E-state index in [4.69, 9.17) is 5.26 Å². The van der Waals surface area contributed by atoms with Crippen molar-refractivity contribution in [3.63, 3.8) is 0 Å². The van der Waals surface area contributed by atoms with Gasteiger partial charge in [-0.3, -0.25) is 4.79 Å². The van der Waals surface area contributed by atoms with E-state index in [1.807, 2.05) is 12.1 Å². The van der Waals surface area contributed by atoms with Crippen molar-refractivity contribution in [2.45, 2.75) is 25.4 Å². The van der Waals surface area contributed by atoms with E-state index < -0.39 is 11.9 Å². The number of alkyl halides is 3. The van der Waals surface area contributed by atoms with Gasteiger partial charge in [-0.25, -0.2) is 9.97 Å². The van der Waals surface area contributed by atoms with Gasteiger partial charge in [0.25, 0.3) is 0 Å². The Balaban J connectivity index is 1.54. The number of nitrogens with zero attached hydrogens (tertiary/aromatic N) is 4. The highest BCUT2D eigenvalue weighted by Gasteiger charge is 2.34. The molecule has 0 radical (unpaired) electrons. The van der Waals surface area contributed by atoms with Crippen LogP contribution in [-0.4, -0.2) is 35.5 Å². The van der Waals surface area contributed by atoms with Crippen LogP contribution in [0, 0.1) is 17.2 Å². The van der Waals surface area contributed by atoms with Crippen LogP contribution in [0.3, 0.4) is 0 Å². The number of halogens is 3. The lowest BCUT2D eigenvalue weighted by Crippen LogP contribution is -2.44. The van der Waals surface area contributed by atoms with Crippen molar-refractivity contribution in [3.05, 3.63) is 53.3 Å². The lowest BCUT2D eigenvalue weighted by molar-refractivity contribution is -0.141.